The van der Waals surface area contributed by atoms with Gasteiger partial charge in [-0.25, -0.2) is 26.7 Å². The van der Waals surface area contributed by atoms with Crippen molar-refractivity contribution in [3.05, 3.63) is 28.3 Å². The van der Waals surface area contributed by atoms with Crippen LogP contribution in [0.2, 0.25) is 5.02 Å². The molecule has 1 atom stereocenters. The van der Waals surface area contributed by atoms with E-state index < -0.39 is 40.0 Å². The molecule has 118 valence electrons. The fourth-order valence-corrected chi connectivity index (χ4v) is 3.14. The summed E-state index contributed by atoms with van der Waals surface area (Å²) in [7, 11) is -4.29. The second-order valence-electron chi connectivity index (χ2n) is 4.14. The van der Waals surface area contributed by atoms with Gasteiger partial charge in [-0.05, 0) is 24.6 Å². The van der Waals surface area contributed by atoms with Crippen LogP contribution in [0.25, 0.3) is 0 Å². The number of sulfonamides is 1. The Morgan fingerprint density at radius 1 is 1.43 bits per heavy atom. The molecule has 1 aromatic rings. The number of benzene rings is 1. The van der Waals surface area contributed by atoms with Crippen molar-refractivity contribution in [1.29, 1.82) is 0 Å². The van der Waals surface area contributed by atoms with Crippen LogP contribution in [0.3, 0.4) is 0 Å². The third-order valence-electron chi connectivity index (χ3n) is 2.62. The fourth-order valence-electron chi connectivity index (χ4n) is 1.52. The Morgan fingerprint density at radius 3 is 2.48 bits per heavy atom. The van der Waals surface area contributed by atoms with Crippen molar-refractivity contribution in [2.45, 2.75) is 24.3 Å². The number of rotatable bonds is 6. The van der Waals surface area contributed by atoms with Gasteiger partial charge in [-0.1, -0.05) is 11.6 Å². The van der Waals surface area contributed by atoms with Crippen molar-refractivity contribution in [1.82, 2.24) is 4.72 Å². The second-order valence-corrected chi connectivity index (χ2v) is 6.31. The monoisotopic (exact) mass is 343 g/mol. The molecular weight excluding hydrogens is 332 g/mol. The van der Waals surface area contributed by atoms with E-state index in [1.165, 1.54) is 6.92 Å². The molecule has 0 saturated carbocycles. The van der Waals surface area contributed by atoms with Crippen molar-refractivity contribution in [3.63, 3.8) is 0 Å². The van der Waals surface area contributed by atoms with Crippen molar-refractivity contribution < 1.29 is 32.2 Å². The molecule has 10 heteroatoms. The summed E-state index contributed by atoms with van der Waals surface area (Å²) in [6.45, 7) is 0.340. The molecule has 1 unspecified atom stereocenters. The van der Waals surface area contributed by atoms with E-state index in [1.807, 2.05) is 0 Å². The van der Waals surface area contributed by atoms with Crippen molar-refractivity contribution >= 4 is 27.6 Å². The van der Waals surface area contributed by atoms with Crippen LogP contribution < -0.4 is 4.72 Å². The summed E-state index contributed by atoms with van der Waals surface area (Å²) in [5.74, 6) is -1.38. The van der Waals surface area contributed by atoms with Gasteiger partial charge in [-0.15, -0.1) is 0 Å². The Kier molecular flexibility index (Phi) is 5.62. The van der Waals surface area contributed by atoms with E-state index in [0.29, 0.717) is 0 Å². The lowest BCUT2D eigenvalue weighted by Gasteiger charge is -2.14. The highest BCUT2D eigenvalue weighted by Gasteiger charge is 2.25. The molecule has 0 aromatic heterocycles. The van der Waals surface area contributed by atoms with Gasteiger partial charge < -0.3 is 10.2 Å². The summed E-state index contributed by atoms with van der Waals surface area (Å²) in [5, 5.41) is 17.7. The first-order chi connectivity index (χ1) is 9.56. The summed E-state index contributed by atoms with van der Waals surface area (Å²) in [4.78, 5) is 10.5. The van der Waals surface area contributed by atoms with Crippen LogP contribution in [-0.4, -0.2) is 43.7 Å². The molecule has 0 bridgehead atoms. The Morgan fingerprint density at radius 2 is 2.00 bits per heavy atom. The zero-order chi connectivity index (χ0) is 16.4. The number of aliphatic hydroxyl groups is 1. The van der Waals surface area contributed by atoms with E-state index in [9.17, 15) is 22.0 Å². The van der Waals surface area contributed by atoms with Gasteiger partial charge in [0.15, 0.2) is 0 Å². The number of carbonyl (C=O) groups is 1. The van der Waals surface area contributed by atoms with Gasteiger partial charge in [0.1, 0.15) is 6.10 Å². The van der Waals surface area contributed by atoms with Gasteiger partial charge >= 0.3 is 5.97 Å². The van der Waals surface area contributed by atoms with E-state index >= 15 is 0 Å². The number of nitrogens with one attached hydrogen (secondary N) is 1. The van der Waals surface area contributed by atoms with Crippen LogP contribution in [-0.2, 0) is 10.0 Å². The van der Waals surface area contributed by atoms with Crippen molar-refractivity contribution in [3.8, 4) is 0 Å². The van der Waals surface area contributed by atoms with Crippen LogP contribution in [0.5, 0.6) is 0 Å². The lowest BCUT2D eigenvalue weighted by Crippen LogP contribution is -2.36. The highest BCUT2D eigenvalue weighted by atomic mass is 35.5. The Labute approximate surface area is 124 Å². The summed E-state index contributed by atoms with van der Waals surface area (Å²) in [6, 6.07) is 2.08. The van der Waals surface area contributed by atoms with Gasteiger partial charge in [0.05, 0.1) is 10.5 Å². The molecule has 1 aromatic carbocycles. The molecule has 0 aliphatic rings. The average Bonchev–Trinajstić information content (AvgIpc) is 2.37. The summed E-state index contributed by atoms with van der Waals surface area (Å²) in [5.41, 5.74) is -0.414. The molecule has 21 heavy (non-hydrogen) atoms. The summed E-state index contributed by atoms with van der Waals surface area (Å²) < 4.78 is 50.0. The van der Waals surface area contributed by atoms with Crippen molar-refractivity contribution in [2.24, 2.45) is 0 Å². The minimum atomic E-state index is -4.29. The maximum Gasteiger partial charge on any atom is 0.336 e. The smallest absolute Gasteiger partial charge is 0.336 e. The van der Waals surface area contributed by atoms with E-state index in [1.54, 1.807) is 4.72 Å². The molecule has 1 rings (SSSR count). The zero-order valence-corrected chi connectivity index (χ0v) is 12.3. The fraction of sp³-hybridized carbons (Fsp3) is 0.364. The molecular formula is C11H12ClF2NO5S. The molecule has 3 N–H and O–H groups in total. The van der Waals surface area contributed by atoms with E-state index in [-0.39, 0.29) is 16.1 Å². The normalized spacial score (nSPS) is 13.4. The topological polar surface area (TPSA) is 104 Å². The van der Waals surface area contributed by atoms with E-state index in [4.69, 9.17) is 21.8 Å². The first-order valence-corrected chi connectivity index (χ1v) is 7.41. The molecule has 0 spiro atoms. The molecule has 0 fully saturated rings. The molecule has 0 heterocycles. The Bertz CT molecular complexity index is 650. The molecule has 0 amide bonds. The molecule has 0 radical (unpaired) electrons. The predicted molar refractivity (Wildman–Crippen MR) is 70.3 cm³/mol. The number of aromatic carboxylic acids is 1. The number of aliphatic hydroxyl groups excluding tert-OH is 1. The van der Waals surface area contributed by atoms with Gasteiger partial charge in [-0.3, -0.25) is 0 Å². The standard InChI is InChI=1S/C11H12ClF2NO5S/c1-5-7(11(17)18)2-6(12)3-9(5)21(19,20)15-4-8(16)10(13)14/h2-3,8,10,15-16H,4H2,1H3,(H,17,18). The highest BCUT2D eigenvalue weighted by molar-refractivity contribution is 7.89. The van der Waals surface area contributed by atoms with Crippen LogP contribution in [0.1, 0.15) is 15.9 Å². The number of hydrogen-bond donors (Lipinski definition) is 3. The van der Waals surface area contributed by atoms with Crippen LogP contribution >= 0.6 is 11.6 Å². The summed E-state index contributed by atoms with van der Waals surface area (Å²) >= 11 is 5.66. The first kappa shape index (κ1) is 17.8. The van der Waals surface area contributed by atoms with Crippen LogP contribution in [0, 0.1) is 6.92 Å². The molecule has 0 saturated heterocycles. The van der Waals surface area contributed by atoms with Crippen molar-refractivity contribution in [2.75, 3.05) is 6.54 Å². The summed E-state index contributed by atoms with van der Waals surface area (Å²) in [6.07, 6.45) is -5.28. The maximum atomic E-state index is 12.1. The molecule has 0 aliphatic carbocycles. The van der Waals surface area contributed by atoms with Gasteiger partial charge in [0.25, 0.3) is 6.43 Å². The highest BCUT2D eigenvalue weighted by Crippen LogP contribution is 2.24. The SMILES string of the molecule is Cc1c(C(=O)O)cc(Cl)cc1S(=O)(=O)NCC(O)C(F)F. The largest absolute Gasteiger partial charge is 0.478 e. The third-order valence-corrected chi connectivity index (χ3v) is 4.39. The van der Waals surface area contributed by atoms with Gasteiger partial charge in [0.2, 0.25) is 10.0 Å². The number of carboxylic acid groups (broad SMARTS) is 1. The van der Waals surface area contributed by atoms with Gasteiger partial charge in [-0.2, -0.15) is 0 Å². The number of hydrogen-bond acceptors (Lipinski definition) is 4. The van der Waals surface area contributed by atoms with Crippen LogP contribution in [0.4, 0.5) is 8.78 Å². The maximum absolute atomic E-state index is 12.1. The molecule has 6 nitrogen and oxygen atoms in total. The third kappa shape index (κ3) is 4.34. The van der Waals surface area contributed by atoms with E-state index in [2.05, 4.69) is 0 Å². The zero-order valence-electron chi connectivity index (χ0n) is 10.7. The predicted octanol–water partition coefficient (Wildman–Crippen LogP) is 1.25. The average molecular weight is 344 g/mol. The van der Waals surface area contributed by atoms with E-state index in [0.717, 1.165) is 12.1 Å². The van der Waals surface area contributed by atoms with Gasteiger partial charge in [0, 0.05) is 11.6 Å². The molecule has 0 aliphatic heterocycles. The quantitative estimate of drug-likeness (QED) is 0.721. The number of carboxylic acids is 1. The number of alkyl halides is 2. The minimum Gasteiger partial charge on any atom is -0.478 e. The lowest BCUT2D eigenvalue weighted by molar-refractivity contribution is -0.000452. The minimum absolute atomic E-state index is 0.0917. The Balaban J connectivity index is 3.17. The second kappa shape index (κ2) is 6.65. The lowest BCUT2D eigenvalue weighted by atomic mass is 10.1. The first-order valence-electron chi connectivity index (χ1n) is 5.55. The number of halogens is 3. The van der Waals surface area contributed by atoms with Crippen LogP contribution in [0.15, 0.2) is 17.0 Å². The Hall–Kier alpha value is -1.29.